The van der Waals surface area contributed by atoms with Crippen LogP contribution in [0.15, 0.2) is 24.3 Å². The van der Waals surface area contributed by atoms with E-state index < -0.39 is 6.29 Å². The van der Waals surface area contributed by atoms with Crippen molar-refractivity contribution in [3.05, 3.63) is 24.3 Å². The highest BCUT2D eigenvalue weighted by Crippen LogP contribution is 2.40. The molecule has 1 aromatic carbocycles. The van der Waals surface area contributed by atoms with E-state index in [-0.39, 0.29) is 5.41 Å². The minimum absolute atomic E-state index is 0.260. The van der Waals surface area contributed by atoms with E-state index >= 15 is 0 Å². The predicted octanol–water partition coefficient (Wildman–Crippen LogP) is 4.06. The van der Waals surface area contributed by atoms with Gasteiger partial charge in [0.2, 0.25) is 6.29 Å². The molecule has 0 heterocycles. The SMILES string of the molecule is CCC(C)C(C)(CC(C)C)C(O)Oc1ccc(N)cc1. The second-order valence-electron chi connectivity index (χ2n) is 6.45. The van der Waals surface area contributed by atoms with Crippen LogP contribution in [0.3, 0.4) is 0 Å². The fourth-order valence-corrected chi connectivity index (χ4v) is 2.70. The molecule has 1 aromatic rings. The number of nitrogens with two attached hydrogens (primary N) is 1. The molecule has 0 aliphatic heterocycles. The number of hydrogen-bond acceptors (Lipinski definition) is 3. The van der Waals surface area contributed by atoms with Crippen molar-refractivity contribution in [3.63, 3.8) is 0 Å². The number of nitrogen functional groups attached to an aromatic ring is 1. The largest absolute Gasteiger partial charge is 0.465 e. The molecule has 0 bridgehead atoms. The number of anilines is 1. The van der Waals surface area contributed by atoms with Crippen LogP contribution < -0.4 is 10.5 Å². The monoisotopic (exact) mass is 279 g/mol. The van der Waals surface area contributed by atoms with Crippen LogP contribution in [-0.2, 0) is 0 Å². The Morgan fingerprint density at radius 2 is 1.75 bits per heavy atom. The highest BCUT2D eigenvalue weighted by atomic mass is 16.6. The molecule has 0 aliphatic rings. The van der Waals surface area contributed by atoms with Crippen LogP contribution in [0.25, 0.3) is 0 Å². The number of aliphatic hydroxyl groups is 1. The average Bonchev–Trinajstić information content (AvgIpc) is 2.39. The zero-order valence-corrected chi connectivity index (χ0v) is 13.4. The van der Waals surface area contributed by atoms with Gasteiger partial charge < -0.3 is 15.6 Å². The van der Waals surface area contributed by atoms with Crippen molar-refractivity contribution in [2.75, 3.05) is 5.73 Å². The number of rotatable bonds is 7. The molecule has 3 N–H and O–H groups in total. The quantitative estimate of drug-likeness (QED) is 0.584. The van der Waals surface area contributed by atoms with Gasteiger partial charge in [-0.25, -0.2) is 0 Å². The standard InChI is InChI=1S/C17H29NO2/c1-6-13(4)17(5,11-12(2)3)16(19)20-15-9-7-14(18)8-10-15/h7-10,12-13,16,19H,6,11,18H2,1-5H3. The maximum atomic E-state index is 10.6. The third kappa shape index (κ3) is 4.14. The molecule has 3 unspecified atom stereocenters. The third-order valence-electron chi connectivity index (χ3n) is 4.28. The summed E-state index contributed by atoms with van der Waals surface area (Å²) in [5.74, 6) is 1.55. The molecule has 3 heteroatoms. The first-order valence-electron chi connectivity index (χ1n) is 7.49. The lowest BCUT2D eigenvalue weighted by Crippen LogP contribution is -2.42. The molecule has 0 aliphatic carbocycles. The number of hydrogen-bond donors (Lipinski definition) is 2. The Morgan fingerprint density at radius 1 is 1.20 bits per heavy atom. The summed E-state index contributed by atoms with van der Waals surface area (Å²) >= 11 is 0. The van der Waals surface area contributed by atoms with Crippen LogP contribution in [-0.4, -0.2) is 11.4 Å². The van der Waals surface area contributed by atoms with Gasteiger partial charge in [-0.15, -0.1) is 0 Å². The van der Waals surface area contributed by atoms with Crippen LogP contribution in [0, 0.1) is 17.3 Å². The smallest absolute Gasteiger partial charge is 0.203 e. The van der Waals surface area contributed by atoms with E-state index in [4.69, 9.17) is 10.5 Å². The molecule has 3 atom stereocenters. The van der Waals surface area contributed by atoms with Gasteiger partial charge in [0.05, 0.1) is 0 Å². The summed E-state index contributed by atoms with van der Waals surface area (Å²) in [4.78, 5) is 0. The topological polar surface area (TPSA) is 55.5 Å². The zero-order chi connectivity index (χ0) is 15.3. The van der Waals surface area contributed by atoms with E-state index in [2.05, 4.69) is 34.6 Å². The Balaban J connectivity index is 2.87. The van der Waals surface area contributed by atoms with E-state index in [1.807, 2.05) is 0 Å². The van der Waals surface area contributed by atoms with Crippen LogP contribution in [0.1, 0.15) is 47.5 Å². The van der Waals surface area contributed by atoms with E-state index in [0.717, 1.165) is 12.8 Å². The van der Waals surface area contributed by atoms with E-state index in [0.29, 0.717) is 23.3 Å². The average molecular weight is 279 g/mol. The van der Waals surface area contributed by atoms with Gasteiger partial charge in [0.1, 0.15) is 5.75 Å². The van der Waals surface area contributed by atoms with Crippen molar-refractivity contribution in [2.45, 2.75) is 53.8 Å². The fraction of sp³-hybridized carbons (Fsp3) is 0.647. The molecule has 20 heavy (non-hydrogen) atoms. The van der Waals surface area contributed by atoms with Crippen LogP contribution in [0.5, 0.6) is 5.75 Å². The Kier molecular flexibility index (Phi) is 5.88. The number of aliphatic hydroxyl groups excluding tert-OH is 1. The second kappa shape index (κ2) is 6.98. The predicted molar refractivity (Wildman–Crippen MR) is 84.5 cm³/mol. The summed E-state index contributed by atoms with van der Waals surface area (Å²) < 4.78 is 5.76. The lowest BCUT2D eigenvalue weighted by molar-refractivity contribution is -0.138. The first-order chi connectivity index (χ1) is 9.29. The summed E-state index contributed by atoms with van der Waals surface area (Å²) in [6.07, 6.45) is 1.13. The molecule has 0 fully saturated rings. The molecular formula is C17H29NO2. The van der Waals surface area contributed by atoms with Gasteiger partial charge in [-0.3, -0.25) is 0 Å². The molecule has 114 valence electrons. The summed E-state index contributed by atoms with van der Waals surface area (Å²) in [7, 11) is 0. The van der Waals surface area contributed by atoms with Crippen LogP contribution in [0.4, 0.5) is 5.69 Å². The molecule has 0 saturated heterocycles. The van der Waals surface area contributed by atoms with Crippen molar-refractivity contribution in [3.8, 4) is 5.75 Å². The molecule has 0 amide bonds. The van der Waals surface area contributed by atoms with E-state index in [1.165, 1.54) is 0 Å². The molecule has 1 rings (SSSR count). The Hall–Kier alpha value is -1.22. The summed E-state index contributed by atoms with van der Waals surface area (Å²) in [5, 5.41) is 10.6. The minimum Gasteiger partial charge on any atom is -0.465 e. The summed E-state index contributed by atoms with van der Waals surface area (Å²) in [6.45, 7) is 10.8. The van der Waals surface area contributed by atoms with Crippen LogP contribution in [0.2, 0.25) is 0 Å². The van der Waals surface area contributed by atoms with Gasteiger partial charge in [0.15, 0.2) is 0 Å². The van der Waals surface area contributed by atoms with Crippen molar-refractivity contribution in [2.24, 2.45) is 17.3 Å². The summed E-state index contributed by atoms with van der Waals surface area (Å²) in [5.41, 5.74) is 6.09. The van der Waals surface area contributed by atoms with Crippen LogP contribution >= 0.6 is 0 Å². The van der Waals surface area contributed by atoms with Crippen molar-refractivity contribution in [1.29, 1.82) is 0 Å². The molecule has 0 aromatic heterocycles. The van der Waals surface area contributed by atoms with E-state index in [1.54, 1.807) is 24.3 Å². The summed E-state index contributed by atoms with van der Waals surface area (Å²) in [6, 6.07) is 7.16. The molecular weight excluding hydrogens is 250 g/mol. The van der Waals surface area contributed by atoms with Gasteiger partial charge in [0.25, 0.3) is 0 Å². The zero-order valence-electron chi connectivity index (χ0n) is 13.4. The van der Waals surface area contributed by atoms with Crippen molar-refractivity contribution >= 4 is 5.69 Å². The molecule has 3 nitrogen and oxygen atoms in total. The first-order valence-corrected chi connectivity index (χ1v) is 7.49. The highest BCUT2D eigenvalue weighted by molar-refractivity contribution is 5.41. The van der Waals surface area contributed by atoms with Crippen molar-refractivity contribution in [1.82, 2.24) is 0 Å². The molecule has 0 saturated carbocycles. The molecule has 0 radical (unpaired) electrons. The highest BCUT2D eigenvalue weighted by Gasteiger charge is 2.39. The van der Waals surface area contributed by atoms with E-state index in [9.17, 15) is 5.11 Å². The van der Waals surface area contributed by atoms with Gasteiger partial charge in [-0.05, 0) is 42.5 Å². The normalized spacial score (nSPS) is 17.6. The first kappa shape index (κ1) is 16.8. The Bertz CT molecular complexity index is 402. The lowest BCUT2D eigenvalue weighted by Gasteiger charge is -2.40. The Labute approximate surface area is 123 Å². The third-order valence-corrected chi connectivity index (χ3v) is 4.28. The Morgan fingerprint density at radius 3 is 2.20 bits per heavy atom. The van der Waals surface area contributed by atoms with Gasteiger partial charge in [0, 0.05) is 11.1 Å². The maximum absolute atomic E-state index is 10.6. The van der Waals surface area contributed by atoms with Gasteiger partial charge in [-0.2, -0.15) is 0 Å². The van der Waals surface area contributed by atoms with Gasteiger partial charge in [-0.1, -0.05) is 41.0 Å². The maximum Gasteiger partial charge on any atom is 0.203 e. The minimum atomic E-state index is -0.816. The number of ether oxygens (including phenoxy) is 1. The number of benzene rings is 1. The lowest BCUT2D eigenvalue weighted by atomic mass is 9.71. The second-order valence-corrected chi connectivity index (χ2v) is 6.45. The molecule has 0 spiro atoms. The fourth-order valence-electron chi connectivity index (χ4n) is 2.70. The van der Waals surface area contributed by atoms with Gasteiger partial charge >= 0.3 is 0 Å². The van der Waals surface area contributed by atoms with Crippen molar-refractivity contribution < 1.29 is 9.84 Å².